The SMILES string of the molecule is CCCCC#Cc1cc2c(cc1C#CCCCC)-c1nc-2nc2[n-]c(nc3nc(nc4[n-]c(n1)c1cc(C#CCCCC)c(C#CCCCC)cc41)-c1cc(C#CCCCC)c(C#CCCCC)cc1-3)c1cc(C#CCCCC)c(C#CCCCC)cc21.[Zn+2]. The van der Waals surface area contributed by atoms with E-state index in [1.807, 2.05) is 0 Å². The van der Waals surface area contributed by atoms with Gasteiger partial charge in [0.25, 0.3) is 0 Å². The summed E-state index contributed by atoms with van der Waals surface area (Å²) in [5, 5.41) is 3.04. The molecule has 9 heteroatoms. The number of nitrogens with zero attached hydrogens (tertiary/aromatic N) is 8. The average Bonchev–Trinajstić information content (AvgIpc) is 1.84. The van der Waals surface area contributed by atoms with Crippen molar-refractivity contribution in [2.45, 2.75) is 209 Å². The third-order valence-electron chi connectivity index (χ3n) is 15.3. The summed E-state index contributed by atoms with van der Waals surface area (Å²) in [6, 6.07) is 16.7. The normalized spacial score (nSPS) is 10.5. The number of fused-ring (bicyclic) bond motifs is 20. The van der Waals surface area contributed by atoms with Crippen LogP contribution in [-0.4, -0.2) is 29.9 Å². The summed E-state index contributed by atoms with van der Waals surface area (Å²) in [4.78, 5) is 43.4. The molecule has 4 aromatic carbocycles. The van der Waals surface area contributed by atoms with Gasteiger partial charge in [-0.1, -0.05) is 201 Å². The van der Waals surface area contributed by atoms with E-state index in [0.29, 0.717) is 45.9 Å². The molecule has 0 fully saturated rings. The zero-order valence-corrected chi connectivity index (χ0v) is 56.8. The molecule has 3 aromatic heterocycles. The summed E-state index contributed by atoms with van der Waals surface area (Å²) in [6.45, 7) is 17.5. The Morgan fingerprint density at radius 3 is 0.584 bits per heavy atom. The van der Waals surface area contributed by atoms with Crippen LogP contribution in [0.25, 0.3) is 89.7 Å². The molecule has 0 aliphatic carbocycles. The topological polar surface area (TPSA) is 106 Å². The quantitative estimate of drug-likeness (QED) is 0.0535. The summed E-state index contributed by atoms with van der Waals surface area (Å²) in [5.41, 5.74) is 11.3. The van der Waals surface area contributed by atoms with Crippen LogP contribution in [0.4, 0.5) is 0 Å². The second-order valence-electron chi connectivity index (χ2n) is 22.5. The number of benzene rings is 4. The van der Waals surface area contributed by atoms with Crippen molar-refractivity contribution < 1.29 is 19.5 Å². The van der Waals surface area contributed by atoms with E-state index in [1.165, 1.54) is 0 Å². The van der Waals surface area contributed by atoms with E-state index < -0.39 is 0 Å². The third-order valence-corrected chi connectivity index (χ3v) is 15.3. The molecule has 0 saturated heterocycles. The first-order chi connectivity index (χ1) is 43.3. The van der Waals surface area contributed by atoms with Crippen molar-refractivity contribution in [1.29, 1.82) is 0 Å². The van der Waals surface area contributed by atoms with Gasteiger partial charge in [-0.2, -0.15) is 0 Å². The molecule has 0 spiro atoms. The fourth-order valence-electron chi connectivity index (χ4n) is 10.1. The van der Waals surface area contributed by atoms with Gasteiger partial charge < -0.3 is 29.9 Å². The number of hydrogen-bond acceptors (Lipinski definition) is 6. The first-order valence-electron chi connectivity index (χ1n) is 32.7. The van der Waals surface area contributed by atoms with Gasteiger partial charge >= 0.3 is 19.5 Å². The van der Waals surface area contributed by atoms with E-state index in [2.05, 4.69) is 199 Å². The Morgan fingerprint density at radius 2 is 0.416 bits per heavy atom. The molecule has 0 radical (unpaired) electrons. The van der Waals surface area contributed by atoms with Gasteiger partial charge in [0.05, 0.1) is 23.3 Å². The zero-order valence-electron chi connectivity index (χ0n) is 53.9. The summed E-state index contributed by atoms with van der Waals surface area (Å²) >= 11 is 0. The first kappa shape index (κ1) is 66.3. The number of unbranched alkanes of at least 4 members (excludes halogenated alkanes) is 16. The summed E-state index contributed by atoms with van der Waals surface area (Å²) < 4.78 is 0. The van der Waals surface area contributed by atoms with Gasteiger partial charge in [-0.25, -0.2) is 9.97 Å². The predicted molar refractivity (Wildman–Crippen MR) is 365 cm³/mol. The minimum atomic E-state index is 0. The molecule has 2 aliphatic rings. The smallest absolute Gasteiger partial charge is 0.357 e. The Bertz CT molecular complexity index is 3900. The molecule has 0 atom stereocenters. The number of rotatable bonds is 16. The summed E-state index contributed by atoms with van der Waals surface area (Å²) in [5.74, 6) is 57.5. The molecular formula is C80H80N8Zn. The van der Waals surface area contributed by atoms with Crippen molar-refractivity contribution >= 4 is 44.1 Å². The second-order valence-corrected chi connectivity index (χ2v) is 22.5. The Balaban J connectivity index is 0.0000102. The first-order valence-corrected chi connectivity index (χ1v) is 32.7. The van der Waals surface area contributed by atoms with Crippen LogP contribution >= 0.6 is 0 Å². The van der Waals surface area contributed by atoms with Crippen LogP contribution in [0.5, 0.6) is 0 Å². The van der Waals surface area contributed by atoms with Crippen molar-refractivity contribution in [1.82, 2.24) is 39.9 Å². The Labute approximate surface area is 542 Å². The molecule has 5 heterocycles. The summed E-state index contributed by atoms with van der Waals surface area (Å²) in [7, 11) is 0. The standard InChI is InChI=1S/C80H80N8.Zn/c1-9-17-25-33-41-57-49-65-66(50-58(57)42-34-26-18-10-2)74-81-73(65)85-75-67-51-59(43-35-27-19-11-3)60(44-36-28-20-12-4)52-68(67)77(82-75)87-79-71-55-63(47-39-31-23-15-7)64(48-40-32-24-16-8)56-72(71)80(84-79)88-78-70-54-62(46-38-30-22-14-6)61(45-37-29-21-13-5)53-69(70)76(83-78)86-74;/h49-56H,9-32H2,1-8H3;/q-2;+2. The van der Waals surface area contributed by atoms with E-state index >= 15 is 0 Å². The van der Waals surface area contributed by atoms with Crippen molar-refractivity contribution in [3.05, 3.63) is 93.0 Å². The van der Waals surface area contributed by atoms with Crippen LogP contribution in [-0.2, 0) is 19.5 Å². The monoisotopic (exact) mass is 1220 g/mol. The second kappa shape index (κ2) is 34.2. The largest absolute Gasteiger partial charge is 2.00 e. The van der Waals surface area contributed by atoms with Crippen LogP contribution in [0.3, 0.4) is 0 Å². The molecule has 7 aromatic rings. The maximum Gasteiger partial charge on any atom is 2.00 e. The van der Waals surface area contributed by atoms with Crippen LogP contribution in [0.1, 0.15) is 254 Å². The fourth-order valence-corrected chi connectivity index (χ4v) is 10.1. The van der Waals surface area contributed by atoms with Crippen LogP contribution in [0.2, 0.25) is 0 Å². The van der Waals surface area contributed by atoms with Crippen molar-refractivity contribution in [2.75, 3.05) is 0 Å². The maximum absolute atomic E-state index is 5.48. The van der Waals surface area contributed by atoms with Crippen molar-refractivity contribution in [3.8, 4) is 140 Å². The molecule has 0 N–H and O–H groups in total. The van der Waals surface area contributed by atoms with Crippen LogP contribution in [0.15, 0.2) is 48.5 Å². The maximum atomic E-state index is 5.48. The van der Waals surface area contributed by atoms with E-state index in [0.717, 1.165) is 242 Å². The van der Waals surface area contributed by atoms with Gasteiger partial charge in [-0.3, -0.25) is 0 Å². The Morgan fingerprint density at radius 1 is 0.247 bits per heavy atom. The molecule has 0 amide bonds. The minimum Gasteiger partial charge on any atom is -0.357 e. The summed E-state index contributed by atoms with van der Waals surface area (Å²) in [6.07, 6.45) is 22.6. The zero-order chi connectivity index (χ0) is 61.5. The van der Waals surface area contributed by atoms with Gasteiger partial charge in [0, 0.05) is 141 Å². The fraction of sp³-hybridized carbons (Fsp3) is 0.400. The molecule has 0 saturated carbocycles. The number of hydrogen-bond donors (Lipinski definition) is 0. The van der Waals surface area contributed by atoms with Crippen molar-refractivity contribution in [2.24, 2.45) is 0 Å². The van der Waals surface area contributed by atoms with E-state index in [-0.39, 0.29) is 19.5 Å². The molecular weight excluding hydrogens is 1140 g/mol. The molecule has 8 bridgehead atoms. The van der Waals surface area contributed by atoms with Gasteiger partial charge in [-0.05, 0) is 121 Å². The van der Waals surface area contributed by atoms with E-state index in [9.17, 15) is 0 Å². The molecule has 89 heavy (non-hydrogen) atoms. The molecule has 0 unspecified atom stereocenters. The van der Waals surface area contributed by atoms with E-state index in [1.54, 1.807) is 0 Å². The molecule has 2 aliphatic heterocycles. The number of aromatic nitrogens is 8. The predicted octanol–water partition coefficient (Wildman–Crippen LogP) is 18.5. The Hall–Kier alpha value is -8.66. The molecule has 442 valence electrons. The van der Waals surface area contributed by atoms with E-state index in [4.69, 9.17) is 39.9 Å². The van der Waals surface area contributed by atoms with Crippen molar-refractivity contribution in [3.63, 3.8) is 0 Å². The van der Waals surface area contributed by atoms with Gasteiger partial charge in [0.1, 0.15) is 0 Å². The van der Waals surface area contributed by atoms with Crippen LogP contribution in [0, 0.1) is 94.7 Å². The molecule has 9 rings (SSSR count). The van der Waals surface area contributed by atoms with Gasteiger partial charge in [0.15, 0.2) is 0 Å². The average molecular weight is 1220 g/mol. The van der Waals surface area contributed by atoms with Gasteiger partial charge in [0.2, 0.25) is 0 Å². The van der Waals surface area contributed by atoms with Crippen LogP contribution < -0.4 is 9.97 Å². The minimum absolute atomic E-state index is 0. The Kier molecular flexibility index (Phi) is 25.5. The van der Waals surface area contributed by atoms with Gasteiger partial charge in [-0.15, -0.1) is 0 Å². The molecule has 8 nitrogen and oxygen atoms in total. The third kappa shape index (κ3) is 16.9.